The lowest BCUT2D eigenvalue weighted by Gasteiger charge is -1.99. The predicted molar refractivity (Wildman–Crippen MR) is 52.8 cm³/mol. The molecule has 0 saturated carbocycles. The number of aryl methyl sites for hydroxylation is 1. The largest absolute Gasteiger partial charge is 0.321 e. The molecule has 1 rings (SSSR count). The molecule has 0 unspecified atom stereocenters. The number of H-pyrrole nitrogens is 1. The fourth-order valence-electron chi connectivity index (χ4n) is 0.708. The van der Waals surface area contributed by atoms with E-state index in [0.717, 1.165) is 12.2 Å². The van der Waals surface area contributed by atoms with Gasteiger partial charge >= 0.3 is 0 Å². The lowest BCUT2D eigenvalue weighted by molar-refractivity contribution is 0.652. The summed E-state index contributed by atoms with van der Waals surface area (Å²) in [6.07, 6.45) is 0.872. The molecule has 4 nitrogen and oxygen atoms in total. The standard InChI is InChI=1S/C6H12N4.2ClH/c1-3-5(7)6-8-4(2)9-10-6;;/h5H,3,7H2,1-2H3,(H,8,9,10);2*1H/t5-;;/m1../s1. The molecule has 1 heterocycles. The van der Waals surface area contributed by atoms with Crippen molar-refractivity contribution in [2.45, 2.75) is 26.3 Å². The quantitative estimate of drug-likeness (QED) is 0.779. The first kappa shape index (κ1) is 14.2. The molecule has 1 aromatic heterocycles. The van der Waals surface area contributed by atoms with E-state index < -0.39 is 0 Å². The number of rotatable bonds is 2. The SMILES string of the molecule is CC[C@@H](N)c1n[nH]c(C)n1.Cl.Cl. The zero-order valence-electron chi connectivity index (χ0n) is 7.07. The first-order chi connectivity index (χ1) is 4.74. The van der Waals surface area contributed by atoms with Crippen LogP contribution in [0.15, 0.2) is 0 Å². The van der Waals surface area contributed by atoms with Gasteiger partial charge in [0.2, 0.25) is 0 Å². The van der Waals surface area contributed by atoms with E-state index >= 15 is 0 Å². The summed E-state index contributed by atoms with van der Waals surface area (Å²) >= 11 is 0. The number of halogens is 2. The van der Waals surface area contributed by atoms with Crippen LogP contribution in [-0.2, 0) is 0 Å². The number of nitrogens with two attached hydrogens (primary N) is 1. The van der Waals surface area contributed by atoms with Gasteiger partial charge in [-0.25, -0.2) is 4.98 Å². The molecule has 0 radical (unpaired) electrons. The normalized spacial score (nSPS) is 11.2. The number of hydrogen-bond donors (Lipinski definition) is 2. The molecule has 1 aromatic rings. The number of aromatic nitrogens is 3. The lowest BCUT2D eigenvalue weighted by atomic mass is 10.2. The van der Waals surface area contributed by atoms with Gasteiger partial charge in [-0.15, -0.1) is 24.8 Å². The minimum absolute atomic E-state index is 0. The third-order valence-electron chi connectivity index (χ3n) is 1.39. The average Bonchev–Trinajstić information content (AvgIpc) is 2.34. The molecule has 0 aromatic carbocycles. The second-order valence-electron chi connectivity index (χ2n) is 2.29. The van der Waals surface area contributed by atoms with E-state index in [1.165, 1.54) is 0 Å². The van der Waals surface area contributed by atoms with Crippen molar-refractivity contribution >= 4 is 24.8 Å². The molecule has 0 aliphatic rings. The van der Waals surface area contributed by atoms with Crippen LogP contribution < -0.4 is 5.73 Å². The maximum atomic E-state index is 5.66. The minimum atomic E-state index is -0.0232. The Kier molecular flexibility index (Phi) is 7.37. The van der Waals surface area contributed by atoms with E-state index in [1.807, 2.05) is 13.8 Å². The molecule has 1 atom stereocenters. The maximum Gasteiger partial charge on any atom is 0.167 e. The summed E-state index contributed by atoms with van der Waals surface area (Å²) < 4.78 is 0. The molecule has 0 fully saturated rings. The Morgan fingerprint density at radius 1 is 1.50 bits per heavy atom. The van der Waals surface area contributed by atoms with Gasteiger partial charge in [-0.1, -0.05) is 6.92 Å². The maximum absolute atomic E-state index is 5.66. The summed E-state index contributed by atoms with van der Waals surface area (Å²) in [5, 5.41) is 6.67. The van der Waals surface area contributed by atoms with Crippen molar-refractivity contribution in [3.8, 4) is 0 Å². The average molecular weight is 213 g/mol. The van der Waals surface area contributed by atoms with Crippen molar-refractivity contribution in [2.75, 3.05) is 0 Å². The van der Waals surface area contributed by atoms with Gasteiger partial charge in [0, 0.05) is 0 Å². The van der Waals surface area contributed by atoms with E-state index in [1.54, 1.807) is 0 Å². The molecule has 0 aliphatic carbocycles. The van der Waals surface area contributed by atoms with Crippen molar-refractivity contribution in [1.29, 1.82) is 0 Å². The second kappa shape index (κ2) is 6.22. The Labute approximate surface area is 84.2 Å². The second-order valence-corrected chi connectivity index (χ2v) is 2.29. The van der Waals surface area contributed by atoms with Gasteiger partial charge in [-0.05, 0) is 13.3 Å². The van der Waals surface area contributed by atoms with Gasteiger partial charge in [-0.3, -0.25) is 5.10 Å². The van der Waals surface area contributed by atoms with E-state index in [9.17, 15) is 0 Å². The van der Waals surface area contributed by atoms with Gasteiger partial charge < -0.3 is 5.73 Å². The molecule has 0 saturated heterocycles. The molecule has 12 heavy (non-hydrogen) atoms. The summed E-state index contributed by atoms with van der Waals surface area (Å²) in [4.78, 5) is 4.09. The van der Waals surface area contributed by atoms with Crippen LogP contribution in [0.1, 0.15) is 31.0 Å². The van der Waals surface area contributed by atoms with Crippen LogP contribution in [-0.4, -0.2) is 15.2 Å². The number of nitrogens with one attached hydrogen (secondary N) is 1. The number of hydrogen-bond acceptors (Lipinski definition) is 3. The highest BCUT2D eigenvalue weighted by molar-refractivity contribution is 5.85. The lowest BCUT2D eigenvalue weighted by Crippen LogP contribution is -2.10. The van der Waals surface area contributed by atoms with E-state index in [-0.39, 0.29) is 30.9 Å². The van der Waals surface area contributed by atoms with Crippen molar-refractivity contribution in [3.05, 3.63) is 11.6 Å². The molecular formula is C6H14Cl2N4. The van der Waals surface area contributed by atoms with Gasteiger partial charge in [0.1, 0.15) is 5.82 Å². The third-order valence-corrected chi connectivity index (χ3v) is 1.39. The van der Waals surface area contributed by atoms with Crippen molar-refractivity contribution in [1.82, 2.24) is 15.2 Å². The molecular weight excluding hydrogens is 199 g/mol. The summed E-state index contributed by atoms with van der Waals surface area (Å²) in [5.41, 5.74) is 5.66. The first-order valence-corrected chi connectivity index (χ1v) is 3.38. The fourth-order valence-corrected chi connectivity index (χ4v) is 0.708. The van der Waals surface area contributed by atoms with Crippen molar-refractivity contribution in [2.24, 2.45) is 5.73 Å². The molecule has 0 amide bonds. The van der Waals surface area contributed by atoms with Crippen LogP contribution in [0.4, 0.5) is 0 Å². The Morgan fingerprint density at radius 2 is 2.08 bits per heavy atom. The third kappa shape index (κ3) is 3.38. The highest BCUT2D eigenvalue weighted by Crippen LogP contribution is 2.06. The molecule has 0 spiro atoms. The minimum Gasteiger partial charge on any atom is -0.321 e. The predicted octanol–water partition coefficient (Wildman–Crippen LogP) is 1.37. The van der Waals surface area contributed by atoms with E-state index in [4.69, 9.17) is 5.73 Å². The highest BCUT2D eigenvalue weighted by atomic mass is 35.5. The Hall–Kier alpha value is -0.320. The van der Waals surface area contributed by atoms with Crippen LogP contribution in [0.5, 0.6) is 0 Å². The molecule has 0 aliphatic heterocycles. The van der Waals surface area contributed by atoms with Crippen LogP contribution >= 0.6 is 24.8 Å². The van der Waals surface area contributed by atoms with Crippen molar-refractivity contribution < 1.29 is 0 Å². The summed E-state index contributed by atoms with van der Waals surface area (Å²) in [6, 6.07) is -0.0232. The summed E-state index contributed by atoms with van der Waals surface area (Å²) in [7, 11) is 0. The number of aromatic amines is 1. The van der Waals surface area contributed by atoms with Gasteiger partial charge in [0.05, 0.1) is 6.04 Å². The summed E-state index contributed by atoms with van der Waals surface area (Å²) in [6.45, 7) is 3.87. The van der Waals surface area contributed by atoms with Crippen LogP contribution in [0.25, 0.3) is 0 Å². The van der Waals surface area contributed by atoms with Crippen LogP contribution in [0.2, 0.25) is 0 Å². The molecule has 3 N–H and O–H groups in total. The molecule has 0 bridgehead atoms. The fraction of sp³-hybridized carbons (Fsp3) is 0.667. The molecule has 6 heteroatoms. The van der Waals surface area contributed by atoms with Crippen LogP contribution in [0, 0.1) is 6.92 Å². The monoisotopic (exact) mass is 212 g/mol. The van der Waals surface area contributed by atoms with Gasteiger partial charge in [-0.2, -0.15) is 5.10 Å². The topological polar surface area (TPSA) is 67.6 Å². The molecule has 72 valence electrons. The van der Waals surface area contributed by atoms with Crippen molar-refractivity contribution in [3.63, 3.8) is 0 Å². The van der Waals surface area contributed by atoms with Crippen LogP contribution in [0.3, 0.4) is 0 Å². The zero-order valence-corrected chi connectivity index (χ0v) is 8.71. The highest BCUT2D eigenvalue weighted by Gasteiger charge is 2.06. The Balaban J connectivity index is 0. The zero-order chi connectivity index (χ0) is 7.56. The smallest absolute Gasteiger partial charge is 0.167 e. The van der Waals surface area contributed by atoms with E-state index in [2.05, 4.69) is 15.2 Å². The summed E-state index contributed by atoms with van der Waals surface area (Å²) in [5.74, 6) is 1.53. The van der Waals surface area contributed by atoms with Gasteiger partial charge in [0.25, 0.3) is 0 Å². The Bertz CT molecular complexity index is 213. The van der Waals surface area contributed by atoms with E-state index in [0.29, 0.717) is 5.82 Å². The van der Waals surface area contributed by atoms with Gasteiger partial charge in [0.15, 0.2) is 5.82 Å². The first-order valence-electron chi connectivity index (χ1n) is 3.38. The Morgan fingerprint density at radius 3 is 2.42 bits per heavy atom. The number of nitrogens with zero attached hydrogens (tertiary/aromatic N) is 2.